The molecule has 0 aliphatic heterocycles. The first-order valence-corrected chi connectivity index (χ1v) is 7.86. The van der Waals surface area contributed by atoms with E-state index in [4.69, 9.17) is 16.7 Å². The van der Waals surface area contributed by atoms with E-state index in [9.17, 15) is 9.59 Å². The zero-order valence-corrected chi connectivity index (χ0v) is 14.0. The van der Waals surface area contributed by atoms with Crippen LogP contribution in [0.15, 0.2) is 47.3 Å². The minimum Gasteiger partial charge on any atom is -0.465 e. The summed E-state index contributed by atoms with van der Waals surface area (Å²) in [7, 11) is 0. The maximum Gasteiger partial charge on any atom is 0.409 e. The number of benzene rings is 2. The van der Waals surface area contributed by atoms with Crippen molar-refractivity contribution in [3.05, 3.63) is 63.5 Å². The maximum atomic E-state index is 12.3. The van der Waals surface area contributed by atoms with Crippen LogP contribution in [0, 0.1) is 0 Å². The molecule has 2 aromatic carbocycles. The quantitative estimate of drug-likeness (QED) is 0.566. The summed E-state index contributed by atoms with van der Waals surface area (Å²) in [6.45, 7) is 1.80. The van der Waals surface area contributed by atoms with Crippen molar-refractivity contribution < 1.29 is 9.90 Å². The minimum absolute atomic E-state index is 0.297. The van der Waals surface area contributed by atoms with E-state index in [1.54, 1.807) is 49.4 Å². The Morgan fingerprint density at radius 3 is 2.76 bits per heavy atom. The van der Waals surface area contributed by atoms with Crippen molar-refractivity contribution in [3.63, 3.8) is 0 Å². The first-order chi connectivity index (χ1) is 11.9. The standard InChI is InChI=1S/C17H15ClN4O3/c1-9(19-11-3-2-4-12(8-11)20-17(24)25)15-16(23)22-13-6-5-10(18)7-14(13)21-15/h2-9,19-20H,1H3,(H,22,23)(H,24,25)/t9-/m0/s1. The van der Waals surface area contributed by atoms with Crippen molar-refractivity contribution in [1.82, 2.24) is 9.97 Å². The Bertz CT molecular complexity index is 1000. The molecule has 0 fully saturated rings. The van der Waals surface area contributed by atoms with Gasteiger partial charge in [-0.15, -0.1) is 0 Å². The van der Waals surface area contributed by atoms with Crippen LogP contribution in [0.1, 0.15) is 18.7 Å². The van der Waals surface area contributed by atoms with Crippen LogP contribution in [0.2, 0.25) is 5.02 Å². The van der Waals surface area contributed by atoms with E-state index in [1.807, 2.05) is 0 Å². The van der Waals surface area contributed by atoms with E-state index in [0.29, 0.717) is 33.1 Å². The predicted octanol–water partition coefficient (Wildman–Crippen LogP) is 3.84. The number of amides is 1. The fourth-order valence-corrected chi connectivity index (χ4v) is 2.66. The van der Waals surface area contributed by atoms with Gasteiger partial charge in [-0.1, -0.05) is 17.7 Å². The monoisotopic (exact) mass is 358 g/mol. The summed E-state index contributed by atoms with van der Waals surface area (Å²) in [5.41, 5.74) is 2.30. The number of hydrogen-bond donors (Lipinski definition) is 4. The second-order valence-corrected chi connectivity index (χ2v) is 5.93. The molecule has 3 aromatic rings. The van der Waals surface area contributed by atoms with Gasteiger partial charge in [0.15, 0.2) is 0 Å². The predicted molar refractivity (Wildman–Crippen MR) is 97.5 cm³/mol. The Balaban J connectivity index is 1.89. The molecular weight excluding hydrogens is 344 g/mol. The molecule has 0 saturated carbocycles. The number of fused-ring (bicyclic) bond motifs is 1. The van der Waals surface area contributed by atoms with Gasteiger partial charge in [0.2, 0.25) is 0 Å². The van der Waals surface area contributed by atoms with E-state index in [0.717, 1.165) is 0 Å². The highest BCUT2D eigenvalue weighted by Gasteiger charge is 2.13. The topological polar surface area (TPSA) is 107 Å². The maximum absolute atomic E-state index is 12.3. The van der Waals surface area contributed by atoms with Crippen LogP contribution < -0.4 is 16.2 Å². The van der Waals surface area contributed by atoms with Gasteiger partial charge in [-0.3, -0.25) is 10.1 Å². The number of aromatic amines is 1. The van der Waals surface area contributed by atoms with Crippen molar-refractivity contribution >= 4 is 40.1 Å². The van der Waals surface area contributed by atoms with Crippen LogP contribution in [-0.2, 0) is 0 Å². The van der Waals surface area contributed by atoms with E-state index in [1.165, 1.54) is 0 Å². The molecule has 4 N–H and O–H groups in total. The van der Waals surface area contributed by atoms with E-state index >= 15 is 0 Å². The number of nitrogens with zero attached hydrogens (tertiary/aromatic N) is 1. The van der Waals surface area contributed by atoms with Crippen LogP contribution in [0.3, 0.4) is 0 Å². The lowest BCUT2D eigenvalue weighted by molar-refractivity contribution is 0.210. The van der Waals surface area contributed by atoms with Crippen molar-refractivity contribution in [2.45, 2.75) is 13.0 Å². The number of anilines is 2. The molecule has 0 unspecified atom stereocenters. The lowest BCUT2D eigenvalue weighted by Crippen LogP contribution is -2.21. The molecule has 1 heterocycles. The zero-order valence-electron chi connectivity index (χ0n) is 13.2. The lowest BCUT2D eigenvalue weighted by atomic mass is 10.2. The molecule has 0 bridgehead atoms. The molecule has 128 valence electrons. The number of carbonyl (C=O) groups is 1. The third-order valence-electron chi connectivity index (χ3n) is 3.59. The summed E-state index contributed by atoms with van der Waals surface area (Å²) >= 11 is 5.98. The van der Waals surface area contributed by atoms with Gasteiger partial charge in [-0.25, -0.2) is 9.78 Å². The second kappa shape index (κ2) is 6.82. The molecule has 8 heteroatoms. The number of hydrogen-bond acceptors (Lipinski definition) is 4. The van der Waals surface area contributed by atoms with Gasteiger partial charge in [0.05, 0.1) is 17.1 Å². The lowest BCUT2D eigenvalue weighted by Gasteiger charge is -2.15. The molecule has 0 aliphatic rings. The van der Waals surface area contributed by atoms with Crippen LogP contribution in [0.25, 0.3) is 11.0 Å². The zero-order chi connectivity index (χ0) is 18.0. The fourth-order valence-electron chi connectivity index (χ4n) is 2.49. The third-order valence-corrected chi connectivity index (χ3v) is 3.82. The van der Waals surface area contributed by atoms with Gasteiger partial charge in [-0.2, -0.15) is 0 Å². The molecule has 1 atom stereocenters. The summed E-state index contributed by atoms with van der Waals surface area (Å²) in [5, 5.41) is 14.7. The van der Waals surface area contributed by atoms with Crippen LogP contribution in [-0.4, -0.2) is 21.2 Å². The van der Waals surface area contributed by atoms with Gasteiger partial charge in [0.1, 0.15) is 5.69 Å². The average molecular weight is 359 g/mol. The Morgan fingerprint density at radius 1 is 1.24 bits per heavy atom. The molecular formula is C17H15ClN4O3. The second-order valence-electron chi connectivity index (χ2n) is 5.49. The first-order valence-electron chi connectivity index (χ1n) is 7.48. The van der Waals surface area contributed by atoms with Gasteiger partial charge >= 0.3 is 6.09 Å². The van der Waals surface area contributed by atoms with Crippen LogP contribution in [0.4, 0.5) is 16.2 Å². The summed E-state index contributed by atoms with van der Waals surface area (Å²) in [6, 6.07) is 11.4. The Kier molecular flexibility index (Phi) is 4.58. The number of rotatable bonds is 4. The van der Waals surface area contributed by atoms with E-state index in [-0.39, 0.29) is 5.56 Å². The summed E-state index contributed by atoms with van der Waals surface area (Å²) in [6.07, 6.45) is -1.14. The first kappa shape index (κ1) is 16.8. The number of carboxylic acid groups (broad SMARTS) is 1. The fraction of sp³-hybridized carbons (Fsp3) is 0.118. The van der Waals surface area contributed by atoms with Crippen molar-refractivity contribution in [2.24, 2.45) is 0 Å². The normalized spacial score (nSPS) is 11.9. The molecule has 7 nitrogen and oxygen atoms in total. The molecule has 0 saturated heterocycles. The van der Waals surface area contributed by atoms with Crippen molar-refractivity contribution in [2.75, 3.05) is 10.6 Å². The Morgan fingerprint density at radius 2 is 2.00 bits per heavy atom. The highest BCUT2D eigenvalue weighted by Crippen LogP contribution is 2.21. The van der Waals surface area contributed by atoms with Crippen LogP contribution in [0.5, 0.6) is 0 Å². The summed E-state index contributed by atoms with van der Waals surface area (Å²) in [4.78, 5) is 30.2. The largest absolute Gasteiger partial charge is 0.465 e. The number of H-pyrrole nitrogens is 1. The smallest absolute Gasteiger partial charge is 0.409 e. The molecule has 0 radical (unpaired) electrons. The van der Waals surface area contributed by atoms with E-state index < -0.39 is 12.1 Å². The number of halogens is 1. The van der Waals surface area contributed by atoms with Gasteiger partial charge < -0.3 is 15.4 Å². The number of nitrogens with one attached hydrogen (secondary N) is 3. The molecule has 1 amide bonds. The summed E-state index contributed by atoms with van der Waals surface area (Å²) < 4.78 is 0. The Labute approximate surface area is 147 Å². The van der Waals surface area contributed by atoms with Gasteiger partial charge in [-0.05, 0) is 43.3 Å². The highest BCUT2D eigenvalue weighted by atomic mass is 35.5. The number of aromatic nitrogens is 2. The van der Waals surface area contributed by atoms with Gasteiger partial charge in [0, 0.05) is 16.4 Å². The van der Waals surface area contributed by atoms with Crippen LogP contribution >= 0.6 is 11.6 Å². The van der Waals surface area contributed by atoms with E-state index in [2.05, 4.69) is 20.6 Å². The highest BCUT2D eigenvalue weighted by molar-refractivity contribution is 6.31. The summed E-state index contributed by atoms with van der Waals surface area (Å²) in [5.74, 6) is 0. The molecule has 0 aliphatic carbocycles. The molecule has 0 spiro atoms. The SMILES string of the molecule is C[C@H](Nc1cccc(NC(=O)O)c1)c1nc2cc(Cl)ccc2[nH]c1=O. The molecule has 3 rings (SSSR count). The van der Waals surface area contributed by atoms with Gasteiger partial charge in [0.25, 0.3) is 5.56 Å². The molecule has 1 aromatic heterocycles. The molecule has 25 heavy (non-hydrogen) atoms. The average Bonchev–Trinajstić information content (AvgIpc) is 2.54. The van der Waals surface area contributed by atoms with Crippen molar-refractivity contribution in [3.8, 4) is 0 Å². The third kappa shape index (κ3) is 3.89. The van der Waals surface area contributed by atoms with Crippen molar-refractivity contribution in [1.29, 1.82) is 0 Å². The Hall–Kier alpha value is -3.06. The minimum atomic E-state index is -1.14.